The molecular formula is C14H22O2S. The van der Waals surface area contributed by atoms with E-state index in [4.69, 9.17) is 9.47 Å². The molecule has 1 aromatic rings. The molecule has 0 bridgehead atoms. The largest absolute Gasteiger partial charge is 0.497 e. The summed E-state index contributed by atoms with van der Waals surface area (Å²) in [6, 6.07) is 7.73. The molecule has 96 valence electrons. The SMILES string of the molecule is COc1ccc(OCCCCSC(C)C)cc1. The lowest BCUT2D eigenvalue weighted by Crippen LogP contribution is -1.99. The fraction of sp³-hybridized carbons (Fsp3) is 0.571. The van der Waals surface area contributed by atoms with Crippen LogP contribution in [0.5, 0.6) is 11.5 Å². The second kappa shape index (κ2) is 8.29. The van der Waals surface area contributed by atoms with Gasteiger partial charge in [0.05, 0.1) is 13.7 Å². The average molecular weight is 254 g/mol. The Hall–Kier alpha value is -0.830. The van der Waals surface area contributed by atoms with Gasteiger partial charge in [0.25, 0.3) is 0 Å². The number of hydrogen-bond donors (Lipinski definition) is 0. The van der Waals surface area contributed by atoms with E-state index in [2.05, 4.69) is 13.8 Å². The van der Waals surface area contributed by atoms with Gasteiger partial charge < -0.3 is 9.47 Å². The average Bonchev–Trinajstić information content (AvgIpc) is 2.34. The molecule has 0 radical (unpaired) electrons. The smallest absolute Gasteiger partial charge is 0.119 e. The lowest BCUT2D eigenvalue weighted by Gasteiger charge is -2.07. The first kappa shape index (κ1) is 14.2. The summed E-state index contributed by atoms with van der Waals surface area (Å²) in [5, 5.41) is 0.734. The standard InChI is InChI=1S/C14H22O2S/c1-12(2)17-11-5-4-10-16-14-8-6-13(15-3)7-9-14/h6-9,12H,4-5,10-11H2,1-3H3. The molecule has 0 saturated carbocycles. The Bertz CT molecular complexity index is 296. The van der Waals surface area contributed by atoms with Crippen molar-refractivity contribution in [3.63, 3.8) is 0 Å². The molecule has 0 aliphatic carbocycles. The third-order valence-corrected chi connectivity index (χ3v) is 3.51. The second-order valence-corrected chi connectivity index (χ2v) is 5.84. The lowest BCUT2D eigenvalue weighted by atomic mass is 10.3. The molecule has 0 aromatic heterocycles. The summed E-state index contributed by atoms with van der Waals surface area (Å²) in [6.07, 6.45) is 2.34. The van der Waals surface area contributed by atoms with Crippen LogP contribution in [0.3, 0.4) is 0 Å². The second-order valence-electron chi connectivity index (χ2n) is 4.15. The van der Waals surface area contributed by atoms with Crippen molar-refractivity contribution in [2.45, 2.75) is 31.9 Å². The van der Waals surface area contributed by atoms with Crippen LogP contribution in [0, 0.1) is 0 Å². The predicted molar refractivity (Wildman–Crippen MR) is 75.3 cm³/mol. The lowest BCUT2D eigenvalue weighted by molar-refractivity contribution is 0.309. The van der Waals surface area contributed by atoms with E-state index in [-0.39, 0.29) is 0 Å². The third kappa shape index (κ3) is 6.47. The third-order valence-electron chi connectivity index (χ3n) is 2.32. The first-order valence-corrected chi connectivity index (χ1v) is 7.15. The van der Waals surface area contributed by atoms with Gasteiger partial charge in [0.1, 0.15) is 11.5 Å². The van der Waals surface area contributed by atoms with Gasteiger partial charge >= 0.3 is 0 Å². The van der Waals surface area contributed by atoms with Crippen LogP contribution in [0.4, 0.5) is 0 Å². The predicted octanol–water partition coefficient (Wildman–Crippen LogP) is 4.00. The molecule has 17 heavy (non-hydrogen) atoms. The van der Waals surface area contributed by atoms with E-state index in [1.165, 1.54) is 12.2 Å². The highest BCUT2D eigenvalue weighted by atomic mass is 32.2. The minimum absolute atomic E-state index is 0.734. The van der Waals surface area contributed by atoms with Crippen molar-refractivity contribution in [3.05, 3.63) is 24.3 Å². The van der Waals surface area contributed by atoms with Crippen LogP contribution in [0.15, 0.2) is 24.3 Å². The first-order valence-electron chi connectivity index (χ1n) is 6.11. The first-order chi connectivity index (χ1) is 8.22. The van der Waals surface area contributed by atoms with E-state index < -0.39 is 0 Å². The van der Waals surface area contributed by atoms with Crippen LogP contribution in [0.2, 0.25) is 0 Å². The number of hydrogen-bond acceptors (Lipinski definition) is 3. The summed E-state index contributed by atoms with van der Waals surface area (Å²) in [7, 11) is 1.67. The maximum Gasteiger partial charge on any atom is 0.119 e. The minimum atomic E-state index is 0.734. The monoisotopic (exact) mass is 254 g/mol. The Morgan fingerprint density at radius 2 is 1.71 bits per heavy atom. The molecule has 0 amide bonds. The Morgan fingerprint density at radius 3 is 2.29 bits per heavy atom. The molecule has 1 rings (SSSR count). The van der Waals surface area contributed by atoms with E-state index in [9.17, 15) is 0 Å². The van der Waals surface area contributed by atoms with Gasteiger partial charge in [0, 0.05) is 0 Å². The Balaban J connectivity index is 2.09. The van der Waals surface area contributed by atoms with E-state index in [0.717, 1.165) is 29.8 Å². The molecule has 0 N–H and O–H groups in total. The summed E-state index contributed by atoms with van der Waals surface area (Å²) in [6.45, 7) is 5.27. The number of rotatable bonds is 8. The zero-order valence-electron chi connectivity index (χ0n) is 10.9. The van der Waals surface area contributed by atoms with Crippen molar-refractivity contribution in [2.24, 2.45) is 0 Å². The summed E-state index contributed by atoms with van der Waals surface area (Å²) >= 11 is 2.01. The van der Waals surface area contributed by atoms with Gasteiger partial charge in [-0.25, -0.2) is 0 Å². The molecule has 3 heteroatoms. The highest BCUT2D eigenvalue weighted by Crippen LogP contribution is 2.17. The van der Waals surface area contributed by atoms with Gasteiger partial charge in [-0.1, -0.05) is 13.8 Å². The van der Waals surface area contributed by atoms with Crippen molar-refractivity contribution < 1.29 is 9.47 Å². The van der Waals surface area contributed by atoms with Gasteiger partial charge in [-0.15, -0.1) is 0 Å². The fourth-order valence-corrected chi connectivity index (χ4v) is 2.23. The molecule has 0 atom stereocenters. The molecule has 0 aliphatic rings. The van der Waals surface area contributed by atoms with Crippen molar-refractivity contribution in [2.75, 3.05) is 19.5 Å². The molecule has 0 heterocycles. The van der Waals surface area contributed by atoms with E-state index in [1.54, 1.807) is 7.11 Å². The van der Waals surface area contributed by atoms with Crippen molar-refractivity contribution >= 4 is 11.8 Å². The Labute approximate surface area is 109 Å². The topological polar surface area (TPSA) is 18.5 Å². The molecule has 0 fully saturated rings. The zero-order valence-corrected chi connectivity index (χ0v) is 11.8. The number of unbranched alkanes of at least 4 members (excludes halogenated alkanes) is 1. The summed E-state index contributed by atoms with van der Waals surface area (Å²) in [5.74, 6) is 3.01. The van der Waals surface area contributed by atoms with Crippen LogP contribution in [-0.4, -0.2) is 24.7 Å². The zero-order chi connectivity index (χ0) is 12.5. The molecule has 0 spiro atoms. The molecule has 1 aromatic carbocycles. The van der Waals surface area contributed by atoms with Gasteiger partial charge in [0.2, 0.25) is 0 Å². The van der Waals surface area contributed by atoms with Crippen molar-refractivity contribution in [1.29, 1.82) is 0 Å². The Kier molecular flexibility index (Phi) is 6.94. The highest BCUT2D eigenvalue weighted by Gasteiger charge is 1.97. The van der Waals surface area contributed by atoms with Gasteiger partial charge in [-0.3, -0.25) is 0 Å². The summed E-state index contributed by atoms with van der Waals surface area (Å²) in [5.41, 5.74) is 0. The summed E-state index contributed by atoms with van der Waals surface area (Å²) < 4.78 is 10.7. The number of methoxy groups -OCH3 is 1. The van der Waals surface area contributed by atoms with Crippen LogP contribution in [0.25, 0.3) is 0 Å². The summed E-state index contributed by atoms with van der Waals surface area (Å²) in [4.78, 5) is 0. The van der Waals surface area contributed by atoms with Gasteiger partial charge in [-0.2, -0.15) is 11.8 Å². The molecular weight excluding hydrogens is 232 g/mol. The van der Waals surface area contributed by atoms with E-state index in [1.807, 2.05) is 36.0 Å². The fourth-order valence-electron chi connectivity index (χ4n) is 1.39. The molecule has 0 unspecified atom stereocenters. The van der Waals surface area contributed by atoms with Crippen LogP contribution in [0.1, 0.15) is 26.7 Å². The van der Waals surface area contributed by atoms with Crippen molar-refractivity contribution in [3.8, 4) is 11.5 Å². The van der Waals surface area contributed by atoms with Crippen molar-refractivity contribution in [1.82, 2.24) is 0 Å². The van der Waals surface area contributed by atoms with E-state index in [0.29, 0.717) is 0 Å². The maximum absolute atomic E-state index is 5.65. The molecule has 0 saturated heterocycles. The van der Waals surface area contributed by atoms with Gasteiger partial charge in [-0.05, 0) is 48.1 Å². The van der Waals surface area contributed by atoms with Gasteiger partial charge in [0.15, 0.2) is 0 Å². The number of thioether (sulfide) groups is 1. The highest BCUT2D eigenvalue weighted by molar-refractivity contribution is 7.99. The Morgan fingerprint density at radius 1 is 1.06 bits per heavy atom. The van der Waals surface area contributed by atoms with Crippen LogP contribution >= 0.6 is 11.8 Å². The quantitative estimate of drug-likeness (QED) is 0.653. The van der Waals surface area contributed by atoms with Crippen LogP contribution in [-0.2, 0) is 0 Å². The number of benzene rings is 1. The molecule has 0 aliphatic heterocycles. The minimum Gasteiger partial charge on any atom is -0.497 e. The van der Waals surface area contributed by atoms with E-state index >= 15 is 0 Å². The van der Waals surface area contributed by atoms with Crippen LogP contribution < -0.4 is 9.47 Å². The normalized spacial score (nSPS) is 10.6. The molecule has 2 nitrogen and oxygen atoms in total. The maximum atomic E-state index is 5.65. The number of ether oxygens (including phenoxy) is 2.